The molecule has 0 saturated heterocycles. The summed E-state index contributed by atoms with van der Waals surface area (Å²) < 4.78 is 5.74. The Labute approximate surface area is 209 Å². The number of esters is 1. The molecule has 3 atom stereocenters. The number of rotatable bonds is 6. The number of unbranched alkanes of at least 4 members (excludes halogenated alkanes) is 3. The molecule has 3 heterocycles. The number of cyclic esters (lactones) is 1. The second-order valence-corrected chi connectivity index (χ2v) is 11.1. The monoisotopic (exact) mass is 506 g/mol. The molecule has 186 valence electrons. The fourth-order valence-electron chi connectivity index (χ4n) is 3.59. The quantitative estimate of drug-likeness (QED) is 0.347. The lowest BCUT2D eigenvalue weighted by atomic mass is 10.0. The summed E-state index contributed by atoms with van der Waals surface area (Å²) in [6.45, 7) is 7.90. The van der Waals surface area contributed by atoms with Crippen LogP contribution in [0.5, 0.6) is 0 Å². The summed E-state index contributed by atoms with van der Waals surface area (Å²) in [6, 6.07) is -0.841. The summed E-state index contributed by atoms with van der Waals surface area (Å²) in [6.07, 6.45) is 7.16. The second kappa shape index (κ2) is 12.0. The van der Waals surface area contributed by atoms with Crippen LogP contribution in [0.3, 0.4) is 0 Å². The first-order chi connectivity index (χ1) is 16.2. The van der Waals surface area contributed by atoms with Crippen molar-refractivity contribution in [3.63, 3.8) is 0 Å². The van der Waals surface area contributed by atoms with Crippen LogP contribution in [0.4, 0.5) is 0 Å². The molecule has 1 unspecified atom stereocenters. The Bertz CT molecular complexity index is 959. The number of fused-ring (bicyclic) bond motifs is 4. The SMILES string of the molecule is CCCCC/C=C/C1CC(=O)NCc2nc(cs2)C2=N[C@@](C)(CS2)C(=O)N[C@@H](C(C)C)C(=O)O1. The Hall–Kier alpha value is -2.20. The molecule has 4 bridgehead atoms. The standard InChI is InChI=1S/C24H34N4O4S2/c1-5-6-7-8-9-10-16-11-18(29)25-12-19-26-17(13-33-19)21-28-24(4,14-34-21)23(31)27-20(15(2)3)22(30)32-16/h9-10,13,15-16,20H,5-8,11-12,14H2,1-4H3,(H,25,29)(H,27,31)/b10-9+/t16?,20-,24-/m0/s1. The maximum absolute atomic E-state index is 13.2. The van der Waals surface area contributed by atoms with Gasteiger partial charge in [0.25, 0.3) is 0 Å². The van der Waals surface area contributed by atoms with E-state index in [0.717, 1.165) is 30.7 Å². The van der Waals surface area contributed by atoms with Crippen LogP contribution in [0.2, 0.25) is 0 Å². The average molecular weight is 507 g/mol. The maximum Gasteiger partial charge on any atom is 0.329 e. The lowest BCUT2D eigenvalue weighted by molar-refractivity contribution is -0.153. The van der Waals surface area contributed by atoms with Crippen molar-refractivity contribution in [1.82, 2.24) is 15.6 Å². The predicted octanol–water partition coefficient (Wildman–Crippen LogP) is 3.60. The van der Waals surface area contributed by atoms with Gasteiger partial charge in [-0.05, 0) is 31.8 Å². The van der Waals surface area contributed by atoms with E-state index in [9.17, 15) is 14.4 Å². The highest BCUT2D eigenvalue weighted by atomic mass is 32.2. The van der Waals surface area contributed by atoms with Gasteiger partial charge in [0.15, 0.2) is 0 Å². The van der Waals surface area contributed by atoms with E-state index in [1.54, 1.807) is 13.0 Å². The van der Waals surface area contributed by atoms with Crippen molar-refractivity contribution >= 4 is 45.9 Å². The smallest absolute Gasteiger partial charge is 0.329 e. The Morgan fingerprint density at radius 1 is 1.29 bits per heavy atom. The molecule has 0 radical (unpaired) electrons. The van der Waals surface area contributed by atoms with Crippen LogP contribution in [0.1, 0.15) is 70.5 Å². The minimum absolute atomic E-state index is 0.00723. The average Bonchev–Trinajstić information content (AvgIpc) is 3.42. The molecule has 2 aliphatic heterocycles. The van der Waals surface area contributed by atoms with E-state index >= 15 is 0 Å². The lowest BCUT2D eigenvalue weighted by Gasteiger charge is -2.27. The molecule has 34 heavy (non-hydrogen) atoms. The molecule has 1 aromatic rings. The van der Waals surface area contributed by atoms with Crippen LogP contribution in [0.15, 0.2) is 22.5 Å². The van der Waals surface area contributed by atoms with E-state index in [0.29, 0.717) is 16.5 Å². The first-order valence-corrected chi connectivity index (χ1v) is 13.7. The van der Waals surface area contributed by atoms with Gasteiger partial charge in [0.2, 0.25) is 11.8 Å². The van der Waals surface area contributed by atoms with Crippen LogP contribution < -0.4 is 10.6 Å². The molecule has 0 saturated carbocycles. The number of amides is 2. The van der Waals surface area contributed by atoms with Crippen molar-refractivity contribution < 1.29 is 19.1 Å². The number of carbonyl (C=O) groups is 3. The zero-order valence-corrected chi connectivity index (χ0v) is 21.9. The summed E-state index contributed by atoms with van der Waals surface area (Å²) >= 11 is 2.90. The molecule has 0 fully saturated rings. The molecule has 10 heteroatoms. The highest BCUT2D eigenvalue weighted by molar-refractivity contribution is 8.14. The van der Waals surface area contributed by atoms with Crippen molar-refractivity contribution in [1.29, 1.82) is 0 Å². The topological polar surface area (TPSA) is 110 Å². The first-order valence-electron chi connectivity index (χ1n) is 11.8. The normalized spacial score (nSPS) is 26.4. The number of hydrogen-bond acceptors (Lipinski definition) is 8. The Morgan fingerprint density at radius 3 is 2.82 bits per heavy atom. The third-order valence-electron chi connectivity index (χ3n) is 5.72. The van der Waals surface area contributed by atoms with Gasteiger partial charge in [-0.2, -0.15) is 0 Å². The van der Waals surface area contributed by atoms with E-state index in [1.165, 1.54) is 23.1 Å². The second-order valence-electron chi connectivity index (χ2n) is 9.18. The molecule has 8 nitrogen and oxygen atoms in total. The zero-order valence-electron chi connectivity index (χ0n) is 20.3. The van der Waals surface area contributed by atoms with Gasteiger partial charge < -0.3 is 15.4 Å². The van der Waals surface area contributed by atoms with Gasteiger partial charge >= 0.3 is 5.97 Å². The summed E-state index contributed by atoms with van der Waals surface area (Å²) in [4.78, 5) is 48.1. The number of thioether (sulfide) groups is 1. The van der Waals surface area contributed by atoms with Crippen LogP contribution in [-0.2, 0) is 25.7 Å². The van der Waals surface area contributed by atoms with E-state index in [1.807, 2.05) is 25.3 Å². The molecular formula is C24H34N4O4S2. The summed E-state index contributed by atoms with van der Waals surface area (Å²) in [5, 5.41) is 9.06. The lowest BCUT2D eigenvalue weighted by Crippen LogP contribution is -2.53. The molecule has 0 aromatic carbocycles. The molecule has 2 amide bonds. The molecule has 0 aliphatic carbocycles. The Kier molecular flexibility index (Phi) is 9.30. The number of allylic oxidation sites excluding steroid dienone is 1. The first kappa shape index (κ1) is 26.4. The summed E-state index contributed by atoms with van der Waals surface area (Å²) in [7, 11) is 0. The highest BCUT2D eigenvalue weighted by Gasteiger charge is 2.41. The van der Waals surface area contributed by atoms with E-state index in [2.05, 4.69) is 27.5 Å². The van der Waals surface area contributed by atoms with E-state index in [-0.39, 0.29) is 30.7 Å². The number of carbonyl (C=O) groups excluding carboxylic acids is 3. The summed E-state index contributed by atoms with van der Waals surface area (Å²) in [5.41, 5.74) is -0.295. The Morgan fingerprint density at radius 2 is 2.09 bits per heavy atom. The molecule has 0 spiro atoms. The van der Waals surface area contributed by atoms with Crippen molar-refractivity contribution in [2.24, 2.45) is 10.9 Å². The third kappa shape index (κ3) is 6.91. The summed E-state index contributed by atoms with van der Waals surface area (Å²) in [5.74, 6) is -0.836. The van der Waals surface area contributed by atoms with Crippen LogP contribution in [0, 0.1) is 5.92 Å². The van der Waals surface area contributed by atoms with Gasteiger partial charge in [0.05, 0.1) is 13.0 Å². The molecule has 1 aromatic heterocycles. The molecule has 2 aliphatic rings. The number of hydrogen-bond donors (Lipinski definition) is 2. The van der Waals surface area contributed by atoms with Gasteiger partial charge in [-0.3, -0.25) is 14.6 Å². The van der Waals surface area contributed by atoms with Gasteiger partial charge in [-0.1, -0.05) is 39.7 Å². The largest absolute Gasteiger partial charge is 0.456 e. The van der Waals surface area contributed by atoms with Crippen LogP contribution in [-0.4, -0.2) is 51.2 Å². The van der Waals surface area contributed by atoms with Crippen LogP contribution in [0.25, 0.3) is 0 Å². The number of aromatic nitrogens is 1. The predicted molar refractivity (Wildman–Crippen MR) is 136 cm³/mol. The minimum atomic E-state index is -0.999. The van der Waals surface area contributed by atoms with Crippen LogP contribution >= 0.6 is 23.1 Å². The molecular weight excluding hydrogens is 472 g/mol. The number of ether oxygens (including phenoxy) is 1. The van der Waals surface area contributed by atoms with Crippen molar-refractivity contribution in [3.05, 3.63) is 28.2 Å². The zero-order chi connectivity index (χ0) is 24.7. The molecule has 2 N–H and O–H groups in total. The number of nitrogens with zero attached hydrogens (tertiary/aromatic N) is 2. The fraction of sp³-hybridized carbons (Fsp3) is 0.625. The fourth-order valence-corrected chi connectivity index (χ4v) is 5.52. The number of thiazole rings is 1. The Balaban J connectivity index is 1.86. The van der Waals surface area contributed by atoms with Gasteiger partial charge in [0.1, 0.15) is 33.4 Å². The molecule has 3 rings (SSSR count). The van der Waals surface area contributed by atoms with Gasteiger partial charge in [-0.15, -0.1) is 23.1 Å². The number of aliphatic imine (C=N–C) groups is 1. The highest BCUT2D eigenvalue weighted by Crippen LogP contribution is 2.32. The van der Waals surface area contributed by atoms with Crippen molar-refractivity contribution in [3.8, 4) is 0 Å². The van der Waals surface area contributed by atoms with Crippen molar-refractivity contribution in [2.75, 3.05) is 5.75 Å². The van der Waals surface area contributed by atoms with E-state index in [4.69, 9.17) is 4.74 Å². The van der Waals surface area contributed by atoms with Gasteiger partial charge in [-0.25, -0.2) is 9.78 Å². The third-order valence-corrected chi connectivity index (χ3v) is 7.85. The van der Waals surface area contributed by atoms with Crippen molar-refractivity contribution in [2.45, 2.75) is 84.0 Å². The minimum Gasteiger partial charge on any atom is -0.456 e. The van der Waals surface area contributed by atoms with Gasteiger partial charge in [0, 0.05) is 11.1 Å². The van der Waals surface area contributed by atoms with E-state index < -0.39 is 23.7 Å². The maximum atomic E-state index is 13.2. The number of nitrogens with one attached hydrogen (secondary N) is 2.